The molecule has 1 aromatic carbocycles. The predicted octanol–water partition coefficient (Wildman–Crippen LogP) is 1.62. The third kappa shape index (κ3) is 4.37. The molecule has 0 unspecified atom stereocenters. The van der Waals surface area contributed by atoms with Gasteiger partial charge in [0.1, 0.15) is 5.75 Å². The van der Waals surface area contributed by atoms with Crippen LogP contribution < -0.4 is 15.4 Å². The standard InChI is InChI=1S/C14H22N2O2/c1-4-15-9-12-8-6-7-11(3)14(12)18-10-13(17)16-5-2/h6-8,15H,4-5,9-10H2,1-3H3,(H,16,17). The second kappa shape index (κ2) is 7.71. The van der Waals surface area contributed by atoms with Gasteiger partial charge in [-0.3, -0.25) is 4.79 Å². The summed E-state index contributed by atoms with van der Waals surface area (Å²) in [5.74, 6) is 0.722. The average Bonchev–Trinajstić information content (AvgIpc) is 2.35. The maximum absolute atomic E-state index is 11.4. The summed E-state index contributed by atoms with van der Waals surface area (Å²) in [4.78, 5) is 11.4. The van der Waals surface area contributed by atoms with Crippen LogP contribution >= 0.6 is 0 Å². The fraction of sp³-hybridized carbons (Fsp3) is 0.500. The van der Waals surface area contributed by atoms with Gasteiger partial charge in [0.15, 0.2) is 6.61 Å². The first kappa shape index (κ1) is 14.5. The zero-order valence-electron chi connectivity index (χ0n) is 11.4. The molecule has 0 atom stereocenters. The van der Waals surface area contributed by atoms with Crippen molar-refractivity contribution in [3.05, 3.63) is 29.3 Å². The zero-order valence-corrected chi connectivity index (χ0v) is 11.4. The molecule has 0 saturated heterocycles. The van der Waals surface area contributed by atoms with Gasteiger partial charge in [-0.1, -0.05) is 25.1 Å². The molecule has 0 aromatic heterocycles. The molecule has 0 radical (unpaired) electrons. The third-order valence-corrected chi connectivity index (χ3v) is 2.58. The van der Waals surface area contributed by atoms with E-state index in [0.717, 1.165) is 30.0 Å². The van der Waals surface area contributed by atoms with Gasteiger partial charge in [0, 0.05) is 18.7 Å². The summed E-state index contributed by atoms with van der Waals surface area (Å²) >= 11 is 0. The molecule has 18 heavy (non-hydrogen) atoms. The minimum absolute atomic E-state index is 0.0673. The molecule has 0 aliphatic rings. The largest absolute Gasteiger partial charge is 0.483 e. The molecule has 4 heteroatoms. The molecular weight excluding hydrogens is 228 g/mol. The molecule has 100 valence electrons. The van der Waals surface area contributed by atoms with E-state index in [4.69, 9.17) is 4.74 Å². The Morgan fingerprint density at radius 3 is 2.72 bits per heavy atom. The number of likely N-dealkylation sites (N-methyl/N-ethyl adjacent to an activating group) is 1. The first-order valence-corrected chi connectivity index (χ1v) is 6.37. The number of nitrogens with one attached hydrogen (secondary N) is 2. The molecule has 0 fully saturated rings. The van der Waals surface area contributed by atoms with Crippen LogP contribution in [0.3, 0.4) is 0 Å². The Kier molecular flexibility index (Phi) is 6.22. The number of amides is 1. The van der Waals surface area contributed by atoms with E-state index in [1.165, 1.54) is 0 Å². The molecule has 0 saturated carbocycles. The lowest BCUT2D eigenvalue weighted by Crippen LogP contribution is -2.28. The van der Waals surface area contributed by atoms with Crippen LogP contribution in [0.15, 0.2) is 18.2 Å². The Morgan fingerprint density at radius 2 is 2.06 bits per heavy atom. The highest BCUT2D eigenvalue weighted by atomic mass is 16.5. The summed E-state index contributed by atoms with van der Waals surface area (Å²) in [7, 11) is 0. The SMILES string of the molecule is CCNCc1cccc(C)c1OCC(=O)NCC. The zero-order chi connectivity index (χ0) is 13.4. The van der Waals surface area contributed by atoms with Gasteiger partial charge in [-0.25, -0.2) is 0 Å². The van der Waals surface area contributed by atoms with Gasteiger partial charge in [0.05, 0.1) is 0 Å². The van der Waals surface area contributed by atoms with Crippen molar-refractivity contribution in [3.63, 3.8) is 0 Å². The number of aryl methyl sites for hydroxylation is 1. The van der Waals surface area contributed by atoms with Crippen LogP contribution in [0.2, 0.25) is 0 Å². The van der Waals surface area contributed by atoms with E-state index in [1.807, 2.05) is 32.0 Å². The number of carbonyl (C=O) groups is 1. The van der Waals surface area contributed by atoms with Crippen LogP contribution in [0.25, 0.3) is 0 Å². The van der Waals surface area contributed by atoms with Crippen molar-refractivity contribution in [2.24, 2.45) is 0 Å². The fourth-order valence-electron chi connectivity index (χ4n) is 1.70. The third-order valence-electron chi connectivity index (χ3n) is 2.58. The second-order valence-corrected chi connectivity index (χ2v) is 4.09. The number of ether oxygens (including phenoxy) is 1. The normalized spacial score (nSPS) is 10.2. The van der Waals surface area contributed by atoms with Crippen molar-refractivity contribution in [2.75, 3.05) is 19.7 Å². The quantitative estimate of drug-likeness (QED) is 0.773. The van der Waals surface area contributed by atoms with Gasteiger partial charge in [-0.05, 0) is 26.0 Å². The summed E-state index contributed by atoms with van der Waals surface area (Å²) in [6.45, 7) is 8.29. The number of carbonyl (C=O) groups excluding carboxylic acids is 1. The van der Waals surface area contributed by atoms with Crippen LogP contribution in [0.4, 0.5) is 0 Å². The first-order valence-electron chi connectivity index (χ1n) is 6.37. The Morgan fingerprint density at radius 1 is 1.28 bits per heavy atom. The van der Waals surface area contributed by atoms with Crippen molar-refractivity contribution in [3.8, 4) is 5.75 Å². The highest BCUT2D eigenvalue weighted by molar-refractivity contribution is 5.77. The Balaban J connectivity index is 2.69. The molecule has 0 heterocycles. The highest BCUT2D eigenvalue weighted by Crippen LogP contribution is 2.23. The van der Waals surface area contributed by atoms with Gasteiger partial charge in [0.25, 0.3) is 5.91 Å². The number of benzene rings is 1. The maximum atomic E-state index is 11.4. The van der Waals surface area contributed by atoms with Crippen molar-refractivity contribution >= 4 is 5.91 Å². The van der Waals surface area contributed by atoms with E-state index in [2.05, 4.69) is 17.6 Å². The first-order chi connectivity index (χ1) is 8.69. The van der Waals surface area contributed by atoms with E-state index < -0.39 is 0 Å². The van der Waals surface area contributed by atoms with E-state index in [1.54, 1.807) is 0 Å². The molecule has 0 spiro atoms. The Hall–Kier alpha value is -1.55. The molecule has 0 aliphatic heterocycles. The number of hydrogen-bond donors (Lipinski definition) is 2. The van der Waals surface area contributed by atoms with Gasteiger partial charge in [-0.15, -0.1) is 0 Å². The van der Waals surface area contributed by atoms with E-state index in [0.29, 0.717) is 6.54 Å². The Labute approximate surface area is 109 Å². The van der Waals surface area contributed by atoms with Gasteiger partial charge < -0.3 is 15.4 Å². The van der Waals surface area contributed by atoms with Crippen LogP contribution in [0.1, 0.15) is 25.0 Å². The molecule has 4 nitrogen and oxygen atoms in total. The van der Waals surface area contributed by atoms with Gasteiger partial charge in [-0.2, -0.15) is 0 Å². The smallest absolute Gasteiger partial charge is 0.257 e. The molecule has 0 aliphatic carbocycles. The second-order valence-electron chi connectivity index (χ2n) is 4.09. The minimum Gasteiger partial charge on any atom is -0.483 e. The summed E-state index contributed by atoms with van der Waals surface area (Å²) in [5.41, 5.74) is 2.14. The molecule has 0 bridgehead atoms. The average molecular weight is 250 g/mol. The van der Waals surface area contributed by atoms with Crippen molar-refractivity contribution < 1.29 is 9.53 Å². The van der Waals surface area contributed by atoms with Crippen LogP contribution in [0.5, 0.6) is 5.75 Å². The number of hydrogen-bond acceptors (Lipinski definition) is 3. The minimum atomic E-state index is -0.0878. The Bertz CT molecular complexity index is 391. The highest BCUT2D eigenvalue weighted by Gasteiger charge is 2.08. The van der Waals surface area contributed by atoms with Crippen molar-refractivity contribution in [1.82, 2.24) is 10.6 Å². The monoisotopic (exact) mass is 250 g/mol. The number of rotatable bonds is 7. The topological polar surface area (TPSA) is 50.4 Å². The molecule has 2 N–H and O–H groups in total. The summed E-state index contributed by atoms with van der Waals surface area (Å²) in [5, 5.41) is 5.98. The fourth-order valence-corrected chi connectivity index (χ4v) is 1.70. The lowest BCUT2D eigenvalue weighted by atomic mass is 10.1. The predicted molar refractivity (Wildman–Crippen MR) is 72.7 cm³/mol. The summed E-state index contributed by atoms with van der Waals surface area (Å²) in [6.07, 6.45) is 0. The molecular formula is C14H22N2O2. The summed E-state index contributed by atoms with van der Waals surface area (Å²) < 4.78 is 5.63. The van der Waals surface area contributed by atoms with E-state index in [9.17, 15) is 4.79 Å². The van der Waals surface area contributed by atoms with Crippen LogP contribution in [-0.2, 0) is 11.3 Å². The summed E-state index contributed by atoms with van der Waals surface area (Å²) in [6, 6.07) is 6.01. The van der Waals surface area contributed by atoms with Crippen LogP contribution in [0, 0.1) is 6.92 Å². The van der Waals surface area contributed by atoms with E-state index >= 15 is 0 Å². The molecule has 1 rings (SSSR count). The van der Waals surface area contributed by atoms with Gasteiger partial charge >= 0.3 is 0 Å². The van der Waals surface area contributed by atoms with E-state index in [-0.39, 0.29) is 12.5 Å². The number of para-hydroxylation sites is 1. The van der Waals surface area contributed by atoms with Crippen molar-refractivity contribution in [1.29, 1.82) is 0 Å². The molecule has 1 amide bonds. The van der Waals surface area contributed by atoms with Crippen molar-refractivity contribution in [2.45, 2.75) is 27.3 Å². The molecule has 1 aromatic rings. The lowest BCUT2D eigenvalue weighted by molar-refractivity contribution is -0.123. The lowest BCUT2D eigenvalue weighted by Gasteiger charge is -2.14. The van der Waals surface area contributed by atoms with Crippen LogP contribution in [-0.4, -0.2) is 25.6 Å². The van der Waals surface area contributed by atoms with Gasteiger partial charge in [0.2, 0.25) is 0 Å². The maximum Gasteiger partial charge on any atom is 0.257 e.